The predicted octanol–water partition coefficient (Wildman–Crippen LogP) is 2.26. The lowest BCUT2D eigenvalue weighted by molar-refractivity contribution is 0.105. The highest BCUT2D eigenvalue weighted by Gasteiger charge is 2.01. The van der Waals surface area contributed by atoms with Crippen LogP contribution < -0.4 is 0 Å². The Labute approximate surface area is 63.3 Å². The lowest BCUT2D eigenvalue weighted by Gasteiger charge is -2.08. The molecule has 0 aromatic heterocycles. The molecule has 0 saturated heterocycles. The smallest absolute Gasteiger partial charge is 0.119 e. The Hall–Kier alpha value is -0.530. The Balaban J connectivity index is 3.25. The molecule has 0 atom stereocenters. The zero-order valence-corrected chi connectivity index (χ0v) is 6.84. The molecular weight excluding hydrogens is 126 g/mol. The first kappa shape index (κ1) is 9.47. The molecule has 0 amide bonds. The van der Waals surface area contributed by atoms with E-state index in [0.29, 0.717) is 5.92 Å². The van der Waals surface area contributed by atoms with Gasteiger partial charge in [-0.3, -0.25) is 0 Å². The van der Waals surface area contributed by atoms with Crippen LogP contribution in [0.15, 0.2) is 5.16 Å². The van der Waals surface area contributed by atoms with Crippen molar-refractivity contribution in [3.63, 3.8) is 0 Å². The van der Waals surface area contributed by atoms with E-state index in [1.807, 2.05) is 0 Å². The van der Waals surface area contributed by atoms with Crippen LogP contribution in [0.4, 0.5) is 0 Å². The van der Waals surface area contributed by atoms with Crippen molar-refractivity contribution in [3.8, 4) is 0 Å². The fourth-order valence-electron chi connectivity index (χ4n) is 0.726. The molecule has 0 heterocycles. The summed E-state index contributed by atoms with van der Waals surface area (Å²) in [6.45, 7) is 8.46. The van der Waals surface area contributed by atoms with Gasteiger partial charge in [0, 0.05) is 6.21 Å². The highest BCUT2D eigenvalue weighted by Crippen LogP contribution is 2.06. The van der Waals surface area contributed by atoms with E-state index in [4.69, 9.17) is 4.84 Å². The number of nitrogens with zero attached hydrogens (tertiary/aromatic N) is 1. The molecule has 0 saturated carbocycles. The van der Waals surface area contributed by atoms with Crippen LogP contribution in [-0.4, -0.2) is 12.8 Å². The summed E-state index contributed by atoms with van der Waals surface area (Å²) in [5.74, 6) is 0.642. The molecule has 0 fully saturated rings. The molecule has 0 aliphatic rings. The fourth-order valence-corrected chi connectivity index (χ4v) is 0.726. The molecule has 10 heavy (non-hydrogen) atoms. The highest BCUT2D eigenvalue weighted by molar-refractivity contribution is 5.60. The van der Waals surface area contributed by atoms with E-state index in [0.717, 1.165) is 19.4 Å². The largest absolute Gasteiger partial charge is 0.396 e. The third-order valence-electron chi connectivity index (χ3n) is 1.61. The first-order chi connectivity index (χ1) is 4.85. The van der Waals surface area contributed by atoms with Gasteiger partial charge in [0.2, 0.25) is 0 Å². The van der Waals surface area contributed by atoms with Gasteiger partial charge in [-0.25, -0.2) is 0 Å². The summed E-state index contributed by atoms with van der Waals surface area (Å²) in [7, 11) is 0. The second-order valence-electron chi connectivity index (χ2n) is 2.27. The quantitative estimate of drug-likeness (QED) is 0.426. The molecule has 2 nitrogen and oxygen atoms in total. The topological polar surface area (TPSA) is 21.6 Å². The second kappa shape index (κ2) is 6.59. The van der Waals surface area contributed by atoms with Crippen LogP contribution in [0, 0.1) is 12.8 Å². The highest BCUT2D eigenvalue weighted by atomic mass is 16.6. The Morgan fingerprint density at radius 1 is 1.50 bits per heavy atom. The third kappa shape index (κ3) is 4.36. The number of hydrogen-bond acceptors (Lipinski definition) is 2. The third-order valence-corrected chi connectivity index (χ3v) is 1.61. The molecule has 59 valence electrons. The molecule has 0 aromatic rings. The lowest BCUT2D eigenvalue weighted by atomic mass is 10.1. The molecule has 1 radical (unpaired) electrons. The van der Waals surface area contributed by atoms with Gasteiger partial charge in [-0.05, 0) is 25.7 Å². The molecule has 0 rings (SSSR count). The van der Waals surface area contributed by atoms with E-state index in [9.17, 15) is 0 Å². The minimum Gasteiger partial charge on any atom is -0.396 e. The van der Waals surface area contributed by atoms with Crippen molar-refractivity contribution < 1.29 is 4.84 Å². The summed E-state index contributed by atoms with van der Waals surface area (Å²) in [4.78, 5) is 4.93. The maximum absolute atomic E-state index is 4.93. The lowest BCUT2D eigenvalue weighted by Crippen LogP contribution is -2.04. The van der Waals surface area contributed by atoms with Crippen LogP contribution in [0.1, 0.15) is 26.7 Å². The molecule has 2 heteroatoms. The molecule has 0 aliphatic heterocycles. The normalized spacial score (nSPS) is 11.2. The average molecular weight is 142 g/mol. The molecule has 0 unspecified atom stereocenters. The summed E-state index contributed by atoms with van der Waals surface area (Å²) in [5.41, 5.74) is 0. The number of rotatable bonds is 5. The Bertz CT molecular complexity index is 87.3. The van der Waals surface area contributed by atoms with E-state index >= 15 is 0 Å². The minimum atomic E-state index is 0.642. The van der Waals surface area contributed by atoms with E-state index in [2.05, 4.69) is 25.9 Å². The molecule has 0 bridgehead atoms. The van der Waals surface area contributed by atoms with Gasteiger partial charge >= 0.3 is 0 Å². The fraction of sp³-hybridized carbons (Fsp3) is 0.750. The van der Waals surface area contributed by atoms with Crippen LogP contribution in [-0.2, 0) is 4.84 Å². The molecule has 0 N–H and O–H groups in total. The van der Waals surface area contributed by atoms with Crippen molar-refractivity contribution in [2.24, 2.45) is 11.1 Å². The van der Waals surface area contributed by atoms with Crippen LogP contribution in [0.3, 0.4) is 0 Å². The molecular formula is C8H16NO. The van der Waals surface area contributed by atoms with Gasteiger partial charge in [0.1, 0.15) is 6.61 Å². The van der Waals surface area contributed by atoms with Gasteiger partial charge < -0.3 is 4.84 Å². The predicted molar refractivity (Wildman–Crippen MR) is 43.9 cm³/mol. The van der Waals surface area contributed by atoms with E-state index in [1.54, 1.807) is 0 Å². The first-order valence-corrected chi connectivity index (χ1v) is 3.78. The summed E-state index contributed by atoms with van der Waals surface area (Å²) in [6.07, 6.45) is 3.73. The maximum Gasteiger partial charge on any atom is 0.119 e. The Morgan fingerprint density at radius 3 is 2.50 bits per heavy atom. The second-order valence-corrected chi connectivity index (χ2v) is 2.27. The summed E-state index contributed by atoms with van der Waals surface area (Å²) >= 11 is 0. The summed E-state index contributed by atoms with van der Waals surface area (Å²) in [6, 6.07) is 0. The minimum absolute atomic E-state index is 0.642. The van der Waals surface area contributed by atoms with Crippen molar-refractivity contribution in [1.82, 2.24) is 0 Å². The number of oxime groups is 1. The van der Waals surface area contributed by atoms with Gasteiger partial charge in [-0.2, -0.15) is 0 Å². The zero-order chi connectivity index (χ0) is 7.82. The Morgan fingerprint density at radius 2 is 2.10 bits per heavy atom. The van der Waals surface area contributed by atoms with Crippen LogP contribution in [0.5, 0.6) is 0 Å². The van der Waals surface area contributed by atoms with Crippen LogP contribution in [0.2, 0.25) is 0 Å². The average Bonchev–Trinajstić information content (AvgIpc) is 1.99. The van der Waals surface area contributed by atoms with Crippen LogP contribution in [0.25, 0.3) is 0 Å². The van der Waals surface area contributed by atoms with Gasteiger partial charge in [-0.1, -0.05) is 19.0 Å². The SMILES string of the molecule is [CH2]C=NOCC(CC)CC. The van der Waals surface area contributed by atoms with E-state index in [1.165, 1.54) is 6.21 Å². The van der Waals surface area contributed by atoms with Crippen molar-refractivity contribution in [1.29, 1.82) is 0 Å². The molecule has 0 aliphatic carbocycles. The van der Waals surface area contributed by atoms with Crippen molar-refractivity contribution in [2.45, 2.75) is 26.7 Å². The summed E-state index contributed by atoms with van der Waals surface area (Å²) in [5, 5.41) is 3.57. The zero-order valence-electron chi connectivity index (χ0n) is 6.84. The van der Waals surface area contributed by atoms with Crippen molar-refractivity contribution in [3.05, 3.63) is 6.92 Å². The van der Waals surface area contributed by atoms with E-state index < -0.39 is 0 Å². The first-order valence-electron chi connectivity index (χ1n) is 3.78. The molecule has 0 aromatic carbocycles. The summed E-state index contributed by atoms with van der Waals surface area (Å²) < 4.78 is 0. The van der Waals surface area contributed by atoms with Crippen LogP contribution >= 0.6 is 0 Å². The van der Waals surface area contributed by atoms with Gasteiger partial charge in [0.15, 0.2) is 0 Å². The van der Waals surface area contributed by atoms with Crippen molar-refractivity contribution >= 4 is 6.21 Å². The molecule has 0 spiro atoms. The Kier molecular flexibility index (Phi) is 6.24. The standard InChI is InChI=1S/C8H16NO/c1-4-8(5-2)7-10-9-6-3/h6,8H,3-5,7H2,1-2H3. The number of hydrogen-bond donors (Lipinski definition) is 0. The van der Waals surface area contributed by atoms with E-state index in [-0.39, 0.29) is 0 Å². The van der Waals surface area contributed by atoms with Gasteiger partial charge in [0.25, 0.3) is 0 Å². The van der Waals surface area contributed by atoms with Gasteiger partial charge in [-0.15, -0.1) is 0 Å². The monoisotopic (exact) mass is 142 g/mol. The van der Waals surface area contributed by atoms with Gasteiger partial charge in [0.05, 0.1) is 0 Å². The van der Waals surface area contributed by atoms with Crippen molar-refractivity contribution in [2.75, 3.05) is 6.61 Å². The maximum atomic E-state index is 4.93.